The van der Waals surface area contributed by atoms with Gasteiger partial charge in [-0.15, -0.1) is 0 Å². The van der Waals surface area contributed by atoms with Gasteiger partial charge in [0.25, 0.3) is 5.91 Å². The molecule has 5 heteroatoms. The number of rotatable bonds is 6. The lowest BCUT2D eigenvalue weighted by atomic mass is 10.1. The maximum Gasteiger partial charge on any atom is 0.272 e. The minimum Gasteiger partial charge on any atom is -0.394 e. The van der Waals surface area contributed by atoms with Gasteiger partial charge in [0, 0.05) is 5.69 Å². The molecule has 20 heavy (non-hydrogen) atoms. The van der Waals surface area contributed by atoms with Gasteiger partial charge in [-0.2, -0.15) is 5.10 Å². The molecule has 3 N–H and O–H groups in total. The number of benzene rings is 1. The fraction of sp³-hybridized carbons (Fsp3) is 0.333. The average molecular weight is 273 g/mol. The highest BCUT2D eigenvalue weighted by atomic mass is 16.3. The number of carbonyl (C=O) groups is 1. The Labute approximate surface area is 118 Å². The van der Waals surface area contributed by atoms with Gasteiger partial charge < -0.3 is 10.4 Å². The normalized spacial score (nSPS) is 12.1. The first kappa shape index (κ1) is 14.3. The molecule has 0 fully saturated rings. The fourth-order valence-corrected chi connectivity index (χ4v) is 1.98. The lowest BCUT2D eigenvalue weighted by Crippen LogP contribution is -2.39. The third-order valence-electron chi connectivity index (χ3n) is 3.12. The van der Waals surface area contributed by atoms with E-state index in [1.54, 1.807) is 6.07 Å². The molecule has 1 aromatic heterocycles. The molecule has 0 spiro atoms. The minimum atomic E-state index is -0.313. The van der Waals surface area contributed by atoms with E-state index in [-0.39, 0.29) is 18.6 Å². The van der Waals surface area contributed by atoms with E-state index in [0.29, 0.717) is 12.1 Å². The van der Waals surface area contributed by atoms with Gasteiger partial charge in [-0.25, -0.2) is 0 Å². The monoisotopic (exact) mass is 273 g/mol. The zero-order valence-corrected chi connectivity index (χ0v) is 11.5. The Kier molecular flexibility index (Phi) is 4.90. The van der Waals surface area contributed by atoms with Crippen molar-refractivity contribution < 1.29 is 9.90 Å². The van der Waals surface area contributed by atoms with E-state index in [1.807, 2.05) is 37.3 Å². The van der Waals surface area contributed by atoms with Gasteiger partial charge in [0.2, 0.25) is 0 Å². The van der Waals surface area contributed by atoms with Gasteiger partial charge in [0.15, 0.2) is 0 Å². The maximum atomic E-state index is 12.0. The number of hydrogen-bond donors (Lipinski definition) is 3. The lowest BCUT2D eigenvalue weighted by molar-refractivity contribution is 0.0911. The van der Waals surface area contributed by atoms with E-state index in [1.165, 1.54) is 0 Å². The van der Waals surface area contributed by atoms with Crippen molar-refractivity contribution in [2.45, 2.75) is 25.8 Å². The molecule has 1 aromatic carbocycles. The Bertz CT molecular complexity index is 551. The highest BCUT2D eigenvalue weighted by molar-refractivity contribution is 5.92. The van der Waals surface area contributed by atoms with Crippen molar-refractivity contribution in [2.24, 2.45) is 0 Å². The molecule has 0 aliphatic carbocycles. The van der Waals surface area contributed by atoms with Crippen molar-refractivity contribution in [1.29, 1.82) is 0 Å². The van der Waals surface area contributed by atoms with E-state index in [4.69, 9.17) is 0 Å². The van der Waals surface area contributed by atoms with Crippen LogP contribution in [0.25, 0.3) is 0 Å². The van der Waals surface area contributed by atoms with Crippen LogP contribution in [0.2, 0.25) is 0 Å². The molecule has 0 radical (unpaired) electrons. The van der Waals surface area contributed by atoms with Crippen LogP contribution in [0.5, 0.6) is 0 Å². The molecule has 0 bridgehead atoms. The van der Waals surface area contributed by atoms with Crippen LogP contribution in [0.4, 0.5) is 0 Å². The number of aryl methyl sites for hydroxylation is 1. The summed E-state index contributed by atoms with van der Waals surface area (Å²) in [5.41, 5.74) is 2.34. The third kappa shape index (κ3) is 3.68. The highest BCUT2D eigenvalue weighted by Gasteiger charge is 2.15. The Balaban J connectivity index is 1.97. The van der Waals surface area contributed by atoms with Crippen molar-refractivity contribution in [3.05, 3.63) is 53.3 Å². The number of nitrogens with one attached hydrogen (secondary N) is 2. The average Bonchev–Trinajstić information content (AvgIpc) is 2.96. The minimum absolute atomic E-state index is 0.105. The van der Waals surface area contributed by atoms with Crippen LogP contribution in [0, 0.1) is 0 Å². The van der Waals surface area contributed by atoms with Gasteiger partial charge >= 0.3 is 0 Å². The zero-order chi connectivity index (χ0) is 14.4. The number of hydrogen-bond acceptors (Lipinski definition) is 3. The van der Waals surface area contributed by atoms with Gasteiger partial charge in [-0.05, 0) is 24.5 Å². The molecule has 2 aromatic rings. The predicted molar refractivity (Wildman–Crippen MR) is 76.5 cm³/mol. The second kappa shape index (κ2) is 6.86. The number of aromatic amines is 1. The summed E-state index contributed by atoms with van der Waals surface area (Å²) >= 11 is 0. The van der Waals surface area contributed by atoms with E-state index in [0.717, 1.165) is 17.7 Å². The summed E-state index contributed by atoms with van der Waals surface area (Å²) in [5.74, 6) is -0.268. The van der Waals surface area contributed by atoms with Gasteiger partial charge in [0.05, 0.1) is 12.6 Å². The summed E-state index contributed by atoms with van der Waals surface area (Å²) in [4.78, 5) is 12.0. The van der Waals surface area contributed by atoms with E-state index in [9.17, 15) is 9.90 Å². The smallest absolute Gasteiger partial charge is 0.272 e. The standard InChI is InChI=1S/C15H19N3O2/c1-2-12-9-14(18-17-12)15(20)16-13(10-19)8-11-6-4-3-5-7-11/h3-7,9,13,19H,2,8,10H2,1H3,(H,16,20)(H,17,18). The number of aromatic nitrogens is 2. The molecule has 106 valence electrons. The molecule has 1 atom stereocenters. The first-order valence-corrected chi connectivity index (χ1v) is 6.72. The molecule has 5 nitrogen and oxygen atoms in total. The zero-order valence-electron chi connectivity index (χ0n) is 11.5. The van der Waals surface area contributed by atoms with Gasteiger partial charge in [-0.1, -0.05) is 37.3 Å². The summed E-state index contributed by atoms with van der Waals surface area (Å²) in [6.45, 7) is 1.88. The Hall–Kier alpha value is -2.14. The number of aliphatic hydroxyl groups excluding tert-OH is 1. The molecule has 1 heterocycles. The maximum absolute atomic E-state index is 12.0. The molecule has 0 aliphatic rings. The van der Waals surface area contributed by atoms with Crippen LogP contribution in [-0.4, -0.2) is 33.9 Å². The van der Waals surface area contributed by atoms with Crippen molar-refractivity contribution in [3.8, 4) is 0 Å². The number of nitrogens with zero attached hydrogens (tertiary/aromatic N) is 1. The summed E-state index contributed by atoms with van der Waals surface area (Å²) in [6, 6.07) is 11.2. The van der Waals surface area contributed by atoms with Crippen molar-refractivity contribution >= 4 is 5.91 Å². The van der Waals surface area contributed by atoms with E-state index in [2.05, 4.69) is 15.5 Å². The number of amides is 1. The number of carbonyl (C=O) groups excluding carboxylic acids is 1. The fourth-order valence-electron chi connectivity index (χ4n) is 1.98. The van der Waals surface area contributed by atoms with Crippen LogP contribution in [0.15, 0.2) is 36.4 Å². The van der Waals surface area contributed by atoms with Crippen molar-refractivity contribution in [3.63, 3.8) is 0 Å². The van der Waals surface area contributed by atoms with Crippen LogP contribution in [0.1, 0.15) is 28.7 Å². The molecule has 0 aliphatic heterocycles. The van der Waals surface area contributed by atoms with Crippen LogP contribution in [-0.2, 0) is 12.8 Å². The molecule has 1 amide bonds. The second-order valence-electron chi connectivity index (χ2n) is 4.67. The van der Waals surface area contributed by atoms with E-state index >= 15 is 0 Å². The molecule has 2 rings (SSSR count). The second-order valence-corrected chi connectivity index (χ2v) is 4.67. The van der Waals surface area contributed by atoms with Crippen LogP contribution < -0.4 is 5.32 Å². The molecule has 0 saturated heterocycles. The summed E-state index contributed by atoms with van der Waals surface area (Å²) in [5, 5.41) is 19.0. The lowest BCUT2D eigenvalue weighted by Gasteiger charge is -2.15. The third-order valence-corrected chi connectivity index (χ3v) is 3.12. The van der Waals surface area contributed by atoms with Crippen LogP contribution in [0.3, 0.4) is 0 Å². The molecule has 1 unspecified atom stereocenters. The van der Waals surface area contributed by atoms with Crippen LogP contribution >= 0.6 is 0 Å². The van der Waals surface area contributed by atoms with Crippen molar-refractivity contribution in [2.75, 3.05) is 6.61 Å². The Morgan fingerprint density at radius 2 is 2.15 bits per heavy atom. The summed E-state index contributed by atoms with van der Waals surface area (Å²) in [6.07, 6.45) is 1.39. The summed E-state index contributed by atoms with van der Waals surface area (Å²) in [7, 11) is 0. The summed E-state index contributed by atoms with van der Waals surface area (Å²) < 4.78 is 0. The molecular formula is C15H19N3O2. The molecular weight excluding hydrogens is 254 g/mol. The highest BCUT2D eigenvalue weighted by Crippen LogP contribution is 2.05. The first-order valence-electron chi connectivity index (χ1n) is 6.72. The molecule has 0 saturated carbocycles. The first-order chi connectivity index (χ1) is 9.72. The van der Waals surface area contributed by atoms with Crippen molar-refractivity contribution in [1.82, 2.24) is 15.5 Å². The van der Waals surface area contributed by atoms with Gasteiger partial charge in [-0.3, -0.25) is 9.89 Å². The van der Waals surface area contributed by atoms with E-state index < -0.39 is 0 Å². The number of aliphatic hydroxyl groups is 1. The number of H-pyrrole nitrogens is 1. The largest absolute Gasteiger partial charge is 0.394 e. The SMILES string of the molecule is CCc1cc(C(=O)NC(CO)Cc2ccccc2)n[nH]1. The predicted octanol–water partition coefficient (Wildman–Crippen LogP) is 1.31. The van der Waals surface area contributed by atoms with Gasteiger partial charge in [0.1, 0.15) is 5.69 Å². The topological polar surface area (TPSA) is 78.0 Å². The Morgan fingerprint density at radius 3 is 2.75 bits per heavy atom. The quantitative estimate of drug-likeness (QED) is 0.742. The Morgan fingerprint density at radius 1 is 1.40 bits per heavy atom.